The maximum absolute atomic E-state index is 13.0. The van der Waals surface area contributed by atoms with Gasteiger partial charge in [-0.15, -0.1) is 0 Å². The highest BCUT2D eigenvalue weighted by Gasteiger charge is 2.22. The van der Waals surface area contributed by atoms with Gasteiger partial charge < -0.3 is 11.1 Å². The van der Waals surface area contributed by atoms with Crippen molar-refractivity contribution in [1.82, 2.24) is 19.5 Å². The fourth-order valence-corrected chi connectivity index (χ4v) is 4.98. The number of rotatable bonds is 10. The largest absolute Gasteiger partial charge is 0.326 e. The number of pyridine rings is 1. The van der Waals surface area contributed by atoms with Crippen molar-refractivity contribution in [3.63, 3.8) is 0 Å². The van der Waals surface area contributed by atoms with Crippen LogP contribution in [0.25, 0.3) is 0 Å². The van der Waals surface area contributed by atoms with E-state index in [-0.39, 0.29) is 34.3 Å². The molecule has 0 aliphatic rings. The van der Waals surface area contributed by atoms with Crippen LogP contribution in [0, 0.1) is 0 Å². The Balaban J connectivity index is 1.79. The van der Waals surface area contributed by atoms with E-state index >= 15 is 0 Å². The first-order chi connectivity index (χ1) is 16.7. The van der Waals surface area contributed by atoms with Gasteiger partial charge in [0.05, 0.1) is 21.7 Å². The number of anilines is 1. The van der Waals surface area contributed by atoms with Crippen LogP contribution in [0.5, 0.6) is 0 Å². The summed E-state index contributed by atoms with van der Waals surface area (Å²) in [4.78, 5) is 29.7. The van der Waals surface area contributed by atoms with Gasteiger partial charge >= 0.3 is 0 Å². The Morgan fingerprint density at radius 1 is 1.26 bits per heavy atom. The Labute approximate surface area is 208 Å². The molecule has 0 aliphatic carbocycles. The van der Waals surface area contributed by atoms with Crippen LogP contribution >= 0.6 is 11.6 Å². The Bertz CT molecular complexity index is 1360. The average Bonchev–Trinajstić information content (AvgIpc) is 2.84. The van der Waals surface area contributed by atoms with Crippen molar-refractivity contribution < 1.29 is 13.2 Å². The fraction of sp³-hybridized carbons (Fsp3) is 0.304. The van der Waals surface area contributed by atoms with Crippen molar-refractivity contribution in [2.75, 3.05) is 11.9 Å². The Morgan fingerprint density at radius 3 is 2.69 bits per heavy atom. The number of amides is 1. The average molecular weight is 519 g/mol. The molecule has 3 rings (SSSR count). The van der Waals surface area contributed by atoms with Crippen molar-refractivity contribution in [2.45, 2.75) is 44.2 Å². The zero-order valence-electron chi connectivity index (χ0n) is 19.4. The van der Waals surface area contributed by atoms with Crippen LogP contribution in [0.15, 0.2) is 58.5 Å². The van der Waals surface area contributed by atoms with Crippen molar-refractivity contribution >= 4 is 33.2 Å². The smallest absolute Gasteiger partial charge is 0.273 e. The summed E-state index contributed by atoms with van der Waals surface area (Å²) in [6, 6.07) is 9.11. The lowest BCUT2D eigenvalue weighted by atomic mass is 10.1. The third-order valence-electron chi connectivity index (χ3n) is 5.40. The quantitative estimate of drug-likeness (QED) is 0.371. The van der Waals surface area contributed by atoms with Gasteiger partial charge in [0.1, 0.15) is 6.04 Å². The van der Waals surface area contributed by atoms with E-state index in [2.05, 4.69) is 20.1 Å². The molecule has 1 atom stereocenters. The molecule has 2 heterocycles. The summed E-state index contributed by atoms with van der Waals surface area (Å²) < 4.78 is 29.6. The number of aryl methyl sites for hydroxylation is 1. The lowest BCUT2D eigenvalue weighted by Crippen LogP contribution is -2.35. The molecule has 186 valence electrons. The summed E-state index contributed by atoms with van der Waals surface area (Å²) in [5.74, 6) is -0.555. The van der Waals surface area contributed by atoms with Gasteiger partial charge in [0.15, 0.2) is 0 Å². The zero-order chi connectivity index (χ0) is 25.6. The minimum Gasteiger partial charge on any atom is -0.326 e. The summed E-state index contributed by atoms with van der Waals surface area (Å²) in [5.41, 5.74) is 6.80. The van der Waals surface area contributed by atoms with E-state index in [9.17, 15) is 18.0 Å². The van der Waals surface area contributed by atoms with Crippen LogP contribution in [0.1, 0.15) is 36.7 Å². The second kappa shape index (κ2) is 11.5. The van der Waals surface area contributed by atoms with E-state index in [1.54, 1.807) is 24.4 Å². The predicted octanol–water partition coefficient (Wildman–Crippen LogP) is 2.03. The van der Waals surface area contributed by atoms with Crippen LogP contribution in [-0.2, 0) is 34.2 Å². The number of halogens is 1. The molecule has 12 heteroatoms. The van der Waals surface area contributed by atoms with Crippen molar-refractivity contribution in [2.24, 2.45) is 5.73 Å². The molecule has 0 saturated heterocycles. The predicted molar refractivity (Wildman–Crippen MR) is 134 cm³/mol. The van der Waals surface area contributed by atoms with E-state index in [4.69, 9.17) is 17.3 Å². The SMILES string of the molecule is CCc1ccc(NC(=O)C(C)n2ncc(Cl)c(CN)c2=O)cc1S(=O)(=O)NCCc1ccccn1. The minimum atomic E-state index is -3.85. The second-order valence-electron chi connectivity index (χ2n) is 7.74. The summed E-state index contributed by atoms with van der Waals surface area (Å²) in [7, 11) is -3.85. The van der Waals surface area contributed by atoms with Gasteiger partial charge in [0.2, 0.25) is 15.9 Å². The van der Waals surface area contributed by atoms with Crippen molar-refractivity contribution in [3.05, 3.63) is 81.0 Å². The van der Waals surface area contributed by atoms with Crippen molar-refractivity contribution in [1.29, 1.82) is 0 Å². The Kier molecular flexibility index (Phi) is 8.73. The first-order valence-electron chi connectivity index (χ1n) is 11.0. The summed E-state index contributed by atoms with van der Waals surface area (Å²) in [6.45, 7) is 3.41. The van der Waals surface area contributed by atoms with Crippen molar-refractivity contribution in [3.8, 4) is 0 Å². The van der Waals surface area contributed by atoms with Gasteiger partial charge in [-0.25, -0.2) is 17.8 Å². The number of benzene rings is 1. The van der Waals surface area contributed by atoms with Gasteiger partial charge in [0.25, 0.3) is 5.56 Å². The van der Waals surface area contributed by atoms with E-state index in [0.29, 0.717) is 18.4 Å². The molecule has 1 aromatic carbocycles. The first-order valence-corrected chi connectivity index (χ1v) is 12.8. The molecule has 0 aliphatic heterocycles. The second-order valence-corrected chi connectivity index (χ2v) is 9.88. The third-order valence-corrected chi connectivity index (χ3v) is 7.27. The molecule has 0 fully saturated rings. The molecular weight excluding hydrogens is 492 g/mol. The molecule has 3 aromatic rings. The maximum atomic E-state index is 13.0. The number of carbonyl (C=O) groups is 1. The van der Waals surface area contributed by atoms with E-state index < -0.39 is 27.5 Å². The number of hydrogen-bond donors (Lipinski definition) is 3. The minimum absolute atomic E-state index is 0.0682. The monoisotopic (exact) mass is 518 g/mol. The number of carbonyl (C=O) groups excluding carboxylic acids is 1. The van der Waals surface area contributed by atoms with Gasteiger partial charge in [-0.2, -0.15) is 5.10 Å². The first kappa shape index (κ1) is 26.5. The Hall–Kier alpha value is -3.12. The highest BCUT2D eigenvalue weighted by atomic mass is 35.5. The molecule has 2 aromatic heterocycles. The molecule has 35 heavy (non-hydrogen) atoms. The topological polar surface area (TPSA) is 149 Å². The van der Waals surface area contributed by atoms with Gasteiger partial charge in [-0.1, -0.05) is 30.7 Å². The lowest BCUT2D eigenvalue weighted by molar-refractivity contribution is -0.119. The zero-order valence-corrected chi connectivity index (χ0v) is 20.9. The van der Waals surface area contributed by atoms with Gasteiger partial charge in [-0.05, 0) is 43.2 Å². The van der Waals surface area contributed by atoms with Crippen LogP contribution in [0.3, 0.4) is 0 Å². The molecule has 1 amide bonds. The normalized spacial score (nSPS) is 12.3. The maximum Gasteiger partial charge on any atom is 0.273 e. The molecule has 0 saturated carbocycles. The standard InChI is InChI=1S/C23H27ClN6O4S/c1-3-16-7-8-18(12-21(16)35(33,34)28-11-9-17-6-4-5-10-26-17)29-22(31)15(2)30-23(32)19(13-25)20(24)14-27-30/h4-8,10,12,14-15,28H,3,9,11,13,25H2,1-2H3,(H,29,31). The van der Waals surface area contributed by atoms with Crippen LogP contribution in [-0.4, -0.2) is 35.6 Å². The van der Waals surface area contributed by atoms with Crippen LogP contribution in [0.4, 0.5) is 5.69 Å². The van der Waals surface area contributed by atoms with Gasteiger partial charge in [0, 0.05) is 37.1 Å². The Morgan fingerprint density at radius 2 is 2.03 bits per heavy atom. The molecule has 10 nitrogen and oxygen atoms in total. The number of sulfonamides is 1. The number of aromatic nitrogens is 3. The molecule has 1 unspecified atom stereocenters. The lowest BCUT2D eigenvalue weighted by Gasteiger charge is -2.17. The summed E-state index contributed by atoms with van der Waals surface area (Å²) in [5, 5.41) is 6.72. The highest BCUT2D eigenvalue weighted by Crippen LogP contribution is 2.22. The number of nitrogens with one attached hydrogen (secondary N) is 2. The molecule has 0 radical (unpaired) electrons. The van der Waals surface area contributed by atoms with E-state index in [1.165, 1.54) is 19.2 Å². The molecular formula is C23H27ClN6O4S. The summed E-state index contributed by atoms with van der Waals surface area (Å²) >= 11 is 5.95. The number of hydrogen-bond acceptors (Lipinski definition) is 7. The summed E-state index contributed by atoms with van der Waals surface area (Å²) in [6.07, 6.45) is 3.82. The number of nitrogens with zero attached hydrogens (tertiary/aromatic N) is 3. The van der Waals surface area contributed by atoms with E-state index in [1.807, 2.05) is 19.1 Å². The van der Waals surface area contributed by atoms with Gasteiger partial charge in [-0.3, -0.25) is 14.6 Å². The highest BCUT2D eigenvalue weighted by molar-refractivity contribution is 7.89. The van der Waals surface area contributed by atoms with Crippen LogP contribution in [0.2, 0.25) is 5.02 Å². The number of nitrogens with two attached hydrogens (primary N) is 1. The van der Waals surface area contributed by atoms with Crippen LogP contribution < -0.4 is 21.3 Å². The molecule has 4 N–H and O–H groups in total. The molecule has 0 bridgehead atoms. The molecule has 0 spiro atoms. The fourth-order valence-electron chi connectivity index (χ4n) is 3.41. The third kappa shape index (κ3) is 6.31. The van der Waals surface area contributed by atoms with E-state index in [0.717, 1.165) is 10.4 Å².